The van der Waals surface area contributed by atoms with E-state index in [4.69, 9.17) is 14.2 Å². The average molecular weight is 570 g/mol. The number of carbonyl (C=O) groups is 1. The summed E-state index contributed by atoms with van der Waals surface area (Å²) in [5.41, 5.74) is 3.02. The number of nitro benzene ring substituents is 1. The van der Waals surface area contributed by atoms with Crippen molar-refractivity contribution in [1.82, 2.24) is 0 Å². The van der Waals surface area contributed by atoms with Crippen LogP contribution < -0.4 is 19.1 Å². The SMILES string of the molecule is COc1ccc(/C(O)=C2\C(=N)N(c3cc([N+](=O)[O-])ccc3C)C3=C(C(=O)CCC3)C2c2cccc(OC)c2OC)cc1. The number of rotatable bonds is 7. The van der Waals surface area contributed by atoms with Crippen molar-refractivity contribution in [2.75, 3.05) is 26.2 Å². The fourth-order valence-corrected chi connectivity index (χ4v) is 5.76. The van der Waals surface area contributed by atoms with Crippen LogP contribution in [0.25, 0.3) is 5.76 Å². The molecule has 5 rings (SSSR count). The van der Waals surface area contributed by atoms with Crippen molar-refractivity contribution in [2.24, 2.45) is 0 Å². The molecule has 0 radical (unpaired) electrons. The van der Waals surface area contributed by atoms with E-state index in [-0.39, 0.29) is 35.1 Å². The zero-order chi connectivity index (χ0) is 30.1. The van der Waals surface area contributed by atoms with Crippen LogP contribution in [0.2, 0.25) is 0 Å². The van der Waals surface area contributed by atoms with Crippen LogP contribution in [-0.2, 0) is 4.79 Å². The zero-order valence-corrected chi connectivity index (χ0v) is 23.8. The maximum atomic E-state index is 13.8. The second-order valence-electron chi connectivity index (χ2n) is 10.1. The summed E-state index contributed by atoms with van der Waals surface area (Å²) in [5, 5.41) is 33.2. The number of nitro groups is 1. The Kier molecular flexibility index (Phi) is 7.71. The molecule has 0 saturated heterocycles. The minimum atomic E-state index is -0.872. The molecule has 0 fully saturated rings. The highest BCUT2D eigenvalue weighted by molar-refractivity contribution is 6.20. The second kappa shape index (κ2) is 11.4. The molecule has 2 aliphatic rings. The Balaban J connectivity index is 1.88. The molecule has 1 unspecified atom stereocenters. The highest BCUT2D eigenvalue weighted by Gasteiger charge is 2.45. The van der Waals surface area contributed by atoms with Gasteiger partial charge in [-0.1, -0.05) is 18.2 Å². The number of benzene rings is 3. The van der Waals surface area contributed by atoms with Gasteiger partial charge in [-0.05, 0) is 55.7 Å². The smallest absolute Gasteiger partial charge is 0.271 e. The number of amidine groups is 1. The van der Waals surface area contributed by atoms with Gasteiger partial charge in [-0.15, -0.1) is 0 Å². The number of para-hydroxylation sites is 1. The summed E-state index contributed by atoms with van der Waals surface area (Å²) in [6, 6.07) is 16.5. The molecule has 10 nitrogen and oxygen atoms in total. The lowest BCUT2D eigenvalue weighted by Gasteiger charge is -2.42. The summed E-state index contributed by atoms with van der Waals surface area (Å²) in [6.45, 7) is 1.79. The Morgan fingerprint density at radius 1 is 1.02 bits per heavy atom. The third-order valence-corrected chi connectivity index (χ3v) is 7.76. The van der Waals surface area contributed by atoms with Crippen molar-refractivity contribution in [3.8, 4) is 17.2 Å². The molecule has 42 heavy (non-hydrogen) atoms. The van der Waals surface area contributed by atoms with Crippen LogP contribution in [0.15, 0.2) is 77.5 Å². The van der Waals surface area contributed by atoms with E-state index in [0.717, 1.165) is 0 Å². The molecular formula is C32H31N3O7. The third kappa shape index (κ3) is 4.74. The number of ether oxygens (including phenoxy) is 3. The van der Waals surface area contributed by atoms with Gasteiger partial charge in [0.05, 0.1) is 37.9 Å². The lowest BCUT2D eigenvalue weighted by molar-refractivity contribution is -0.384. The van der Waals surface area contributed by atoms with Crippen molar-refractivity contribution in [3.63, 3.8) is 0 Å². The summed E-state index contributed by atoms with van der Waals surface area (Å²) in [4.78, 5) is 26.6. The minimum Gasteiger partial charge on any atom is -0.507 e. The largest absolute Gasteiger partial charge is 0.507 e. The molecule has 0 amide bonds. The molecule has 1 atom stereocenters. The number of anilines is 1. The quantitative estimate of drug-likeness (QED) is 0.187. The molecule has 0 bridgehead atoms. The predicted molar refractivity (Wildman–Crippen MR) is 159 cm³/mol. The Hall–Kier alpha value is -5.12. The van der Waals surface area contributed by atoms with Gasteiger partial charge in [-0.2, -0.15) is 0 Å². The number of hydrogen-bond donors (Lipinski definition) is 2. The first-order valence-corrected chi connectivity index (χ1v) is 13.4. The summed E-state index contributed by atoms with van der Waals surface area (Å²) in [5.74, 6) is 0.0815. The van der Waals surface area contributed by atoms with Gasteiger partial charge in [0, 0.05) is 46.5 Å². The van der Waals surface area contributed by atoms with Crippen LogP contribution in [0.4, 0.5) is 11.4 Å². The van der Waals surface area contributed by atoms with Crippen molar-refractivity contribution in [3.05, 3.63) is 104 Å². The Morgan fingerprint density at radius 3 is 2.40 bits per heavy atom. The molecule has 216 valence electrons. The van der Waals surface area contributed by atoms with Crippen molar-refractivity contribution >= 4 is 28.8 Å². The standard InChI is InChI=1S/C32H31N3O7/c1-18-11-14-20(35(38)39)17-24(18)34-23-8-6-9-25(36)28(23)27(22-7-5-10-26(41-3)31(22)42-4)29(32(34)33)30(37)19-12-15-21(40-2)16-13-19/h5,7,10-17,27,33,37H,6,8-9H2,1-4H3/b30-29+,33-32?. The number of nitrogens with one attached hydrogen (secondary N) is 1. The monoisotopic (exact) mass is 569 g/mol. The van der Waals surface area contributed by atoms with E-state index in [1.807, 2.05) is 0 Å². The van der Waals surface area contributed by atoms with Crippen LogP contribution >= 0.6 is 0 Å². The highest BCUT2D eigenvalue weighted by atomic mass is 16.6. The molecular weight excluding hydrogens is 538 g/mol. The van der Waals surface area contributed by atoms with Gasteiger partial charge in [0.25, 0.3) is 5.69 Å². The number of methoxy groups -OCH3 is 3. The maximum absolute atomic E-state index is 13.8. The first kappa shape index (κ1) is 28.4. The summed E-state index contributed by atoms with van der Waals surface area (Å²) >= 11 is 0. The van der Waals surface area contributed by atoms with Crippen molar-refractivity contribution < 1.29 is 29.0 Å². The average Bonchev–Trinajstić information content (AvgIpc) is 3.00. The van der Waals surface area contributed by atoms with E-state index < -0.39 is 10.8 Å². The number of allylic oxidation sites excluding steroid dienone is 2. The summed E-state index contributed by atoms with van der Waals surface area (Å²) < 4.78 is 16.6. The molecule has 1 aliphatic carbocycles. The molecule has 1 aliphatic heterocycles. The number of non-ortho nitro benzene ring substituents is 1. The second-order valence-corrected chi connectivity index (χ2v) is 10.1. The molecule has 10 heteroatoms. The molecule has 0 saturated carbocycles. The van der Waals surface area contributed by atoms with Crippen molar-refractivity contribution in [1.29, 1.82) is 5.41 Å². The lowest BCUT2D eigenvalue weighted by Crippen LogP contribution is -2.43. The van der Waals surface area contributed by atoms with Crippen LogP contribution in [0.5, 0.6) is 17.2 Å². The number of ketones is 1. The van der Waals surface area contributed by atoms with Gasteiger partial charge >= 0.3 is 0 Å². The molecule has 1 heterocycles. The number of aryl methyl sites for hydroxylation is 1. The topological polar surface area (TPSA) is 135 Å². The maximum Gasteiger partial charge on any atom is 0.271 e. The van der Waals surface area contributed by atoms with Crippen LogP contribution in [0.1, 0.15) is 41.9 Å². The minimum absolute atomic E-state index is 0.102. The van der Waals surface area contributed by atoms with Gasteiger partial charge in [0.15, 0.2) is 17.3 Å². The molecule has 3 aromatic rings. The Labute approximate surface area is 243 Å². The predicted octanol–water partition coefficient (Wildman–Crippen LogP) is 6.49. The fourth-order valence-electron chi connectivity index (χ4n) is 5.76. The highest BCUT2D eigenvalue weighted by Crippen LogP contribution is 2.51. The van der Waals surface area contributed by atoms with E-state index in [1.54, 1.807) is 60.4 Å². The first-order valence-electron chi connectivity index (χ1n) is 13.4. The van der Waals surface area contributed by atoms with E-state index in [9.17, 15) is 25.4 Å². The zero-order valence-electron chi connectivity index (χ0n) is 23.8. The molecule has 2 N–H and O–H groups in total. The number of aliphatic hydroxyl groups excluding tert-OH is 1. The van der Waals surface area contributed by atoms with E-state index in [2.05, 4.69) is 0 Å². The summed E-state index contributed by atoms with van der Waals surface area (Å²) in [7, 11) is 4.55. The molecule has 0 spiro atoms. The lowest BCUT2D eigenvalue weighted by atomic mass is 9.73. The van der Waals surface area contributed by atoms with Gasteiger partial charge in [-0.25, -0.2) is 0 Å². The fraction of sp³-hybridized carbons (Fsp3) is 0.250. The number of Topliss-reactive ketones (excluding diaryl/α,β-unsaturated/α-hetero) is 1. The number of nitrogens with zero attached hydrogens (tertiary/aromatic N) is 2. The number of carbonyl (C=O) groups excluding carboxylic acids is 1. The Bertz CT molecular complexity index is 1660. The summed E-state index contributed by atoms with van der Waals surface area (Å²) in [6.07, 6.45) is 1.30. The molecule has 0 aromatic heterocycles. The van der Waals surface area contributed by atoms with Gasteiger partial charge in [0.1, 0.15) is 17.3 Å². The molecule has 3 aromatic carbocycles. The van der Waals surface area contributed by atoms with Gasteiger partial charge < -0.3 is 19.3 Å². The van der Waals surface area contributed by atoms with Gasteiger partial charge in [-0.3, -0.25) is 25.2 Å². The van der Waals surface area contributed by atoms with E-state index >= 15 is 0 Å². The van der Waals surface area contributed by atoms with Crippen LogP contribution in [0, 0.1) is 22.4 Å². The number of aliphatic hydroxyl groups is 1. The third-order valence-electron chi connectivity index (χ3n) is 7.76. The first-order chi connectivity index (χ1) is 20.2. The van der Waals surface area contributed by atoms with Crippen molar-refractivity contribution in [2.45, 2.75) is 32.1 Å². The Morgan fingerprint density at radius 2 is 1.76 bits per heavy atom. The van der Waals surface area contributed by atoms with E-state index in [1.165, 1.54) is 33.5 Å². The normalized spacial score (nSPS) is 18.0. The van der Waals surface area contributed by atoms with Gasteiger partial charge in [0.2, 0.25) is 0 Å². The number of hydrogen-bond acceptors (Lipinski definition) is 8. The van der Waals surface area contributed by atoms with Crippen LogP contribution in [0.3, 0.4) is 0 Å². The van der Waals surface area contributed by atoms with E-state index in [0.29, 0.717) is 63.7 Å². The van der Waals surface area contributed by atoms with Crippen LogP contribution in [-0.4, -0.2) is 43.0 Å².